The summed E-state index contributed by atoms with van der Waals surface area (Å²) in [6, 6.07) is 7.67. The molecule has 0 heterocycles. The Kier molecular flexibility index (Phi) is 5.13. The molecule has 3 fully saturated rings. The van der Waals surface area contributed by atoms with Crippen molar-refractivity contribution in [3.63, 3.8) is 0 Å². The zero-order valence-corrected chi connectivity index (χ0v) is 19.2. The molecule has 1 aromatic carbocycles. The topological polar surface area (TPSA) is 34.1 Å². The molecule has 0 unspecified atom stereocenters. The van der Waals surface area contributed by atoms with E-state index in [0.29, 0.717) is 22.8 Å². The normalized spacial score (nSPS) is 39.1. The molecule has 4 aliphatic rings. The second-order valence-electron chi connectivity index (χ2n) is 10.5. The van der Waals surface area contributed by atoms with Crippen molar-refractivity contribution in [2.75, 3.05) is 0 Å². The lowest BCUT2D eigenvalue weighted by molar-refractivity contribution is -0.124. The average Bonchev–Trinajstić information content (AvgIpc) is 3.11. The van der Waals surface area contributed by atoms with Gasteiger partial charge in [0.05, 0.1) is 0 Å². The van der Waals surface area contributed by atoms with E-state index in [1.54, 1.807) is 12.2 Å². The third-order valence-corrected chi connectivity index (χ3v) is 9.58. The molecule has 0 bridgehead atoms. The molecule has 3 saturated carbocycles. The maximum Gasteiger partial charge on any atom is 0.178 e. The van der Waals surface area contributed by atoms with Gasteiger partial charge in [0.25, 0.3) is 0 Å². The number of allylic oxidation sites excluding steroid dienone is 5. The highest BCUT2D eigenvalue weighted by molar-refractivity contribution is 6.32. The number of fused-ring (bicyclic) bond motifs is 5. The molecule has 6 atom stereocenters. The summed E-state index contributed by atoms with van der Waals surface area (Å²) in [6.45, 7) is 4.71. The van der Waals surface area contributed by atoms with Gasteiger partial charge in [0.15, 0.2) is 11.6 Å². The zero-order valence-electron chi connectivity index (χ0n) is 18.4. The monoisotopic (exact) mass is 434 g/mol. The molecule has 0 saturated heterocycles. The van der Waals surface area contributed by atoms with Gasteiger partial charge in [0, 0.05) is 16.4 Å². The minimum absolute atomic E-state index is 0.0181. The van der Waals surface area contributed by atoms with Crippen molar-refractivity contribution >= 4 is 29.2 Å². The van der Waals surface area contributed by atoms with E-state index in [0.717, 1.165) is 44.1 Å². The van der Waals surface area contributed by atoms with Crippen molar-refractivity contribution in [3.8, 4) is 0 Å². The van der Waals surface area contributed by atoms with Crippen molar-refractivity contribution in [1.29, 1.82) is 0 Å². The number of halogens is 1. The fraction of sp³-hybridized carbons (Fsp3) is 0.500. The number of carbonyl (C=O) groups is 2. The molecule has 0 amide bonds. The van der Waals surface area contributed by atoms with Crippen LogP contribution < -0.4 is 0 Å². The summed E-state index contributed by atoms with van der Waals surface area (Å²) in [5.74, 6) is 2.33. The van der Waals surface area contributed by atoms with Gasteiger partial charge in [0.2, 0.25) is 0 Å². The smallest absolute Gasteiger partial charge is 0.178 e. The summed E-state index contributed by atoms with van der Waals surface area (Å²) in [5, 5.41) is 0.681. The molecule has 5 rings (SSSR count). The molecule has 31 heavy (non-hydrogen) atoms. The molecule has 2 nitrogen and oxygen atoms in total. The van der Waals surface area contributed by atoms with Crippen molar-refractivity contribution < 1.29 is 9.59 Å². The van der Waals surface area contributed by atoms with Gasteiger partial charge in [-0.2, -0.15) is 0 Å². The van der Waals surface area contributed by atoms with Gasteiger partial charge < -0.3 is 0 Å². The molecule has 0 aromatic heterocycles. The molecule has 0 radical (unpaired) electrons. The molecule has 4 aliphatic carbocycles. The van der Waals surface area contributed by atoms with Crippen molar-refractivity contribution in [1.82, 2.24) is 0 Å². The summed E-state index contributed by atoms with van der Waals surface area (Å²) in [5.41, 5.74) is 2.33. The lowest BCUT2D eigenvalue weighted by Gasteiger charge is -2.56. The first kappa shape index (κ1) is 20.9. The first-order valence-corrected chi connectivity index (χ1v) is 12.1. The zero-order chi connectivity index (χ0) is 21.8. The second-order valence-corrected chi connectivity index (χ2v) is 10.9. The van der Waals surface area contributed by atoms with E-state index in [1.165, 1.54) is 5.57 Å². The van der Waals surface area contributed by atoms with Gasteiger partial charge in [-0.1, -0.05) is 55.3 Å². The Bertz CT molecular complexity index is 1020. The van der Waals surface area contributed by atoms with E-state index >= 15 is 0 Å². The van der Waals surface area contributed by atoms with E-state index in [4.69, 9.17) is 11.6 Å². The maximum absolute atomic E-state index is 13.3. The summed E-state index contributed by atoms with van der Waals surface area (Å²) in [4.78, 5) is 25.2. The van der Waals surface area contributed by atoms with E-state index in [1.807, 2.05) is 36.4 Å². The van der Waals surface area contributed by atoms with E-state index in [9.17, 15) is 9.59 Å². The Morgan fingerprint density at radius 2 is 1.90 bits per heavy atom. The van der Waals surface area contributed by atoms with Crippen LogP contribution in [0, 0.1) is 34.5 Å². The fourth-order valence-corrected chi connectivity index (χ4v) is 7.76. The van der Waals surface area contributed by atoms with Gasteiger partial charge >= 0.3 is 0 Å². The van der Waals surface area contributed by atoms with Crippen LogP contribution in [0.15, 0.2) is 54.1 Å². The molecule has 0 aliphatic heterocycles. The molecule has 3 heteroatoms. The molecule has 0 N–H and O–H groups in total. The second kappa shape index (κ2) is 7.59. The Morgan fingerprint density at radius 1 is 1.10 bits per heavy atom. The maximum atomic E-state index is 13.3. The number of rotatable bonds is 3. The van der Waals surface area contributed by atoms with Gasteiger partial charge in [-0.05, 0) is 97.6 Å². The molecule has 1 aromatic rings. The van der Waals surface area contributed by atoms with Crippen LogP contribution in [0.25, 0.3) is 6.08 Å². The SMILES string of the molecule is C[C@]12CC[C@H]3[C@@H](CCC4=CC(=O)C=C[C@@]43C)[C@@H]1CC[C@@H]2C(=O)/C=C/c1ccccc1Cl. The van der Waals surface area contributed by atoms with Crippen LogP contribution in [-0.2, 0) is 9.59 Å². The Morgan fingerprint density at radius 3 is 2.71 bits per heavy atom. The highest BCUT2D eigenvalue weighted by Gasteiger charge is 2.59. The third-order valence-electron chi connectivity index (χ3n) is 9.23. The number of ketones is 2. The summed E-state index contributed by atoms with van der Waals surface area (Å²) < 4.78 is 0. The largest absolute Gasteiger partial charge is 0.295 e. The standard InChI is InChI=1S/C28H31ClO2/c1-27-15-13-20(30)17-19(27)8-9-21-22-10-11-24(28(22,2)16-14-23(21)27)26(31)12-7-18-5-3-4-6-25(18)29/h3-7,12-13,15,17,21-24H,8-11,14,16H2,1-2H3/b12-7+/t21-,22-,23-,24+,27-,28-/m0/s1. The number of hydrogen-bond donors (Lipinski definition) is 0. The average molecular weight is 435 g/mol. The van der Waals surface area contributed by atoms with Crippen molar-refractivity contribution in [2.24, 2.45) is 34.5 Å². The molecular weight excluding hydrogens is 404 g/mol. The minimum atomic E-state index is 0.0181. The summed E-state index contributed by atoms with van der Waals surface area (Å²) >= 11 is 6.27. The number of benzene rings is 1. The minimum Gasteiger partial charge on any atom is -0.295 e. The summed E-state index contributed by atoms with van der Waals surface area (Å²) in [7, 11) is 0. The van der Waals surface area contributed by atoms with E-state index < -0.39 is 0 Å². The third kappa shape index (κ3) is 3.30. The Labute approximate surface area is 190 Å². The van der Waals surface area contributed by atoms with Gasteiger partial charge in [-0.3, -0.25) is 9.59 Å². The summed E-state index contributed by atoms with van der Waals surface area (Å²) in [6.07, 6.45) is 16.1. The predicted molar refractivity (Wildman–Crippen MR) is 126 cm³/mol. The Balaban J connectivity index is 1.37. The highest BCUT2D eigenvalue weighted by Crippen LogP contribution is 2.66. The molecule has 162 valence electrons. The molecule has 0 spiro atoms. The van der Waals surface area contributed by atoms with Crippen LogP contribution in [-0.4, -0.2) is 11.6 Å². The van der Waals surface area contributed by atoms with Crippen LogP contribution in [0.5, 0.6) is 0 Å². The predicted octanol–water partition coefficient (Wildman–Crippen LogP) is 6.85. The number of carbonyl (C=O) groups excluding carboxylic acids is 2. The highest BCUT2D eigenvalue weighted by atomic mass is 35.5. The van der Waals surface area contributed by atoms with E-state index in [-0.39, 0.29) is 28.3 Å². The van der Waals surface area contributed by atoms with Crippen molar-refractivity contribution in [3.05, 3.63) is 64.7 Å². The number of hydrogen-bond acceptors (Lipinski definition) is 2. The van der Waals surface area contributed by atoms with Gasteiger partial charge in [-0.15, -0.1) is 0 Å². The fourth-order valence-electron chi connectivity index (χ4n) is 7.56. The van der Waals surface area contributed by atoms with Gasteiger partial charge in [-0.25, -0.2) is 0 Å². The van der Waals surface area contributed by atoms with Crippen molar-refractivity contribution in [2.45, 2.75) is 52.4 Å². The first-order chi connectivity index (χ1) is 14.8. The van der Waals surface area contributed by atoms with Gasteiger partial charge in [0.1, 0.15) is 0 Å². The first-order valence-electron chi connectivity index (χ1n) is 11.7. The lowest BCUT2D eigenvalue weighted by atomic mass is 9.47. The van der Waals surface area contributed by atoms with Crippen LogP contribution in [0.2, 0.25) is 5.02 Å². The lowest BCUT2D eigenvalue weighted by Crippen LogP contribution is -2.50. The van der Waals surface area contributed by atoms with Crippen LogP contribution in [0.1, 0.15) is 57.9 Å². The Hall–Kier alpha value is -1.93. The molecular formula is C28H31ClO2. The van der Waals surface area contributed by atoms with Crippen LogP contribution >= 0.6 is 11.6 Å². The van der Waals surface area contributed by atoms with E-state index in [2.05, 4.69) is 19.9 Å². The van der Waals surface area contributed by atoms with Crippen LogP contribution in [0.3, 0.4) is 0 Å². The quantitative estimate of drug-likeness (QED) is 0.487. The van der Waals surface area contributed by atoms with Crippen LogP contribution in [0.4, 0.5) is 0 Å².